The SMILES string of the molecule is Cc1csc2cc(-c3cccs3)c(N)n12. The topological polar surface area (TPSA) is 30.4 Å². The maximum absolute atomic E-state index is 6.15. The van der Waals surface area contributed by atoms with Crippen LogP contribution in [-0.4, -0.2) is 4.40 Å². The monoisotopic (exact) mass is 234 g/mol. The summed E-state index contributed by atoms with van der Waals surface area (Å²) in [5.41, 5.74) is 8.51. The van der Waals surface area contributed by atoms with E-state index in [0.29, 0.717) is 0 Å². The molecule has 3 aromatic heterocycles. The largest absolute Gasteiger partial charge is 0.384 e. The van der Waals surface area contributed by atoms with E-state index in [-0.39, 0.29) is 0 Å². The Hall–Kier alpha value is -1.26. The molecular formula is C11H10N2S2. The Morgan fingerprint density at radius 3 is 2.87 bits per heavy atom. The number of aryl methyl sites for hydroxylation is 1. The summed E-state index contributed by atoms with van der Waals surface area (Å²) in [6, 6.07) is 6.33. The van der Waals surface area contributed by atoms with Crippen molar-refractivity contribution >= 4 is 33.3 Å². The van der Waals surface area contributed by atoms with Gasteiger partial charge in [-0.25, -0.2) is 0 Å². The van der Waals surface area contributed by atoms with Crippen LogP contribution in [-0.2, 0) is 0 Å². The van der Waals surface area contributed by atoms with Crippen molar-refractivity contribution in [3.8, 4) is 10.4 Å². The Morgan fingerprint density at radius 1 is 1.33 bits per heavy atom. The first-order chi connectivity index (χ1) is 7.27. The van der Waals surface area contributed by atoms with Gasteiger partial charge < -0.3 is 5.73 Å². The number of nitrogens with zero attached hydrogens (tertiary/aromatic N) is 1. The lowest BCUT2D eigenvalue weighted by Crippen LogP contribution is -1.93. The molecule has 0 aromatic carbocycles. The first-order valence-electron chi connectivity index (χ1n) is 4.66. The first-order valence-corrected chi connectivity index (χ1v) is 6.42. The van der Waals surface area contributed by atoms with Gasteiger partial charge in [0.2, 0.25) is 0 Å². The molecule has 0 atom stereocenters. The second-order valence-corrected chi connectivity index (χ2v) is 5.31. The minimum absolute atomic E-state index is 0.853. The highest BCUT2D eigenvalue weighted by Crippen LogP contribution is 2.35. The molecule has 4 heteroatoms. The van der Waals surface area contributed by atoms with Crippen LogP contribution in [0.15, 0.2) is 29.0 Å². The zero-order valence-electron chi connectivity index (χ0n) is 8.23. The van der Waals surface area contributed by atoms with Crippen LogP contribution in [0.5, 0.6) is 0 Å². The minimum atomic E-state index is 0.853. The summed E-state index contributed by atoms with van der Waals surface area (Å²) in [5.74, 6) is 0.853. The number of nitrogens with two attached hydrogens (primary N) is 1. The number of anilines is 1. The van der Waals surface area contributed by atoms with Gasteiger partial charge in [0.1, 0.15) is 10.6 Å². The summed E-state index contributed by atoms with van der Waals surface area (Å²) >= 11 is 3.46. The van der Waals surface area contributed by atoms with Crippen molar-refractivity contribution in [1.29, 1.82) is 0 Å². The molecular weight excluding hydrogens is 224 g/mol. The number of nitrogen functional groups attached to an aromatic ring is 1. The molecule has 0 aliphatic rings. The highest BCUT2D eigenvalue weighted by atomic mass is 32.1. The van der Waals surface area contributed by atoms with Crippen molar-refractivity contribution in [3.63, 3.8) is 0 Å². The van der Waals surface area contributed by atoms with Crippen molar-refractivity contribution in [2.24, 2.45) is 0 Å². The van der Waals surface area contributed by atoms with Crippen LogP contribution in [0.25, 0.3) is 15.3 Å². The molecule has 0 unspecified atom stereocenters. The van der Waals surface area contributed by atoms with E-state index in [0.717, 1.165) is 11.4 Å². The zero-order chi connectivity index (χ0) is 10.4. The van der Waals surface area contributed by atoms with Gasteiger partial charge in [-0.1, -0.05) is 6.07 Å². The molecule has 0 radical (unpaired) electrons. The lowest BCUT2D eigenvalue weighted by Gasteiger charge is -1.98. The maximum atomic E-state index is 6.15. The molecule has 76 valence electrons. The van der Waals surface area contributed by atoms with Gasteiger partial charge in [-0.15, -0.1) is 22.7 Å². The number of fused-ring (bicyclic) bond motifs is 1. The quantitative estimate of drug-likeness (QED) is 0.685. The molecule has 0 aliphatic heterocycles. The lowest BCUT2D eigenvalue weighted by atomic mass is 10.2. The summed E-state index contributed by atoms with van der Waals surface area (Å²) in [4.78, 5) is 2.45. The lowest BCUT2D eigenvalue weighted by molar-refractivity contribution is 1.15. The second kappa shape index (κ2) is 3.12. The summed E-state index contributed by atoms with van der Waals surface area (Å²) < 4.78 is 2.11. The molecule has 0 aliphatic carbocycles. The third-order valence-corrected chi connectivity index (χ3v) is 4.40. The van der Waals surface area contributed by atoms with Gasteiger partial charge in [0.05, 0.1) is 0 Å². The molecule has 0 fully saturated rings. The molecule has 3 rings (SSSR count). The van der Waals surface area contributed by atoms with Crippen LogP contribution in [0.4, 0.5) is 5.82 Å². The van der Waals surface area contributed by atoms with E-state index in [9.17, 15) is 0 Å². The van der Waals surface area contributed by atoms with Gasteiger partial charge in [0.15, 0.2) is 0 Å². The Balaban J connectivity index is 2.33. The normalized spacial score (nSPS) is 11.3. The predicted octanol–water partition coefficient (Wildman–Crippen LogP) is 3.62. The van der Waals surface area contributed by atoms with Gasteiger partial charge in [-0.2, -0.15) is 0 Å². The smallest absolute Gasteiger partial charge is 0.117 e. The van der Waals surface area contributed by atoms with E-state index in [1.165, 1.54) is 15.4 Å². The third kappa shape index (κ3) is 1.22. The number of hydrogen-bond acceptors (Lipinski definition) is 3. The molecule has 0 spiro atoms. The van der Waals surface area contributed by atoms with Gasteiger partial charge in [-0.05, 0) is 24.4 Å². The fraction of sp³-hybridized carbons (Fsp3) is 0.0909. The van der Waals surface area contributed by atoms with Crippen LogP contribution in [0.3, 0.4) is 0 Å². The van der Waals surface area contributed by atoms with Gasteiger partial charge in [-0.3, -0.25) is 4.40 Å². The van der Waals surface area contributed by atoms with Crippen molar-refractivity contribution in [2.45, 2.75) is 6.92 Å². The van der Waals surface area contributed by atoms with E-state index >= 15 is 0 Å². The minimum Gasteiger partial charge on any atom is -0.384 e. The Bertz CT molecular complexity index is 602. The number of hydrogen-bond donors (Lipinski definition) is 1. The number of aromatic nitrogens is 1. The van der Waals surface area contributed by atoms with Crippen molar-refractivity contribution in [3.05, 3.63) is 34.7 Å². The highest BCUT2D eigenvalue weighted by molar-refractivity contribution is 7.16. The fourth-order valence-corrected chi connectivity index (χ4v) is 3.46. The van der Waals surface area contributed by atoms with Crippen LogP contribution in [0.2, 0.25) is 0 Å². The number of rotatable bonds is 1. The summed E-state index contributed by atoms with van der Waals surface area (Å²) in [5, 5.41) is 4.21. The predicted molar refractivity (Wildman–Crippen MR) is 67.7 cm³/mol. The molecule has 2 N–H and O–H groups in total. The third-order valence-electron chi connectivity index (χ3n) is 2.49. The standard InChI is InChI=1S/C11H10N2S2/c1-7-6-15-10-5-8(11(12)13(7)10)9-3-2-4-14-9/h2-6H,12H2,1H3. The average Bonchev–Trinajstić information content (AvgIpc) is 2.86. The van der Waals surface area contributed by atoms with Crippen molar-refractivity contribution < 1.29 is 0 Å². The van der Waals surface area contributed by atoms with Crippen molar-refractivity contribution in [1.82, 2.24) is 4.40 Å². The van der Waals surface area contributed by atoms with E-state index in [1.807, 2.05) is 0 Å². The van der Waals surface area contributed by atoms with Crippen LogP contribution >= 0.6 is 22.7 Å². The first kappa shape index (κ1) is 9.00. The van der Waals surface area contributed by atoms with Crippen LogP contribution in [0.1, 0.15) is 5.69 Å². The van der Waals surface area contributed by atoms with Crippen molar-refractivity contribution in [2.75, 3.05) is 5.73 Å². The fourth-order valence-electron chi connectivity index (χ4n) is 1.78. The maximum Gasteiger partial charge on any atom is 0.117 e. The van der Waals surface area contributed by atoms with E-state index < -0.39 is 0 Å². The van der Waals surface area contributed by atoms with E-state index in [4.69, 9.17) is 5.73 Å². The van der Waals surface area contributed by atoms with Gasteiger partial charge in [0.25, 0.3) is 0 Å². The molecule has 3 aromatic rings. The Morgan fingerprint density at radius 2 is 2.20 bits per heavy atom. The van der Waals surface area contributed by atoms with E-state index in [2.05, 4.69) is 40.3 Å². The molecule has 0 saturated heterocycles. The summed E-state index contributed by atoms with van der Waals surface area (Å²) in [7, 11) is 0. The second-order valence-electron chi connectivity index (χ2n) is 3.47. The van der Waals surface area contributed by atoms with Gasteiger partial charge >= 0.3 is 0 Å². The average molecular weight is 234 g/mol. The zero-order valence-corrected chi connectivity index (χ0v) is 9.86. The number of thiophene rings is 1. The van der Waals surface area contributed by atoms with Crippen LogP contribution < -0.4 is 5.73 Å². The van der Waals surface area contributed by atoms with E-state index in [1.54, 1.807) is 22.7 Å². The number of thiazole rings is 1. The molecule has 0 bridgehead atoms. The molecule has 0 saturated carbocycles. The van der Waals surface area contributed by atoms with Crippen LogP contribution in [0, 0.1) is 6.92 Å². The highest BCUT2D eigenvalue weighted by Gasteiger charge is 2.12. The molecule has 15 heavy (non-hydrogen) atoms. The van der Waals surface area contributed by atoms with Gasteiger partial charge in [0, 0.05) is 21.5 Å². The summed E-state index contributed by atoms with van der Waals surface area (Å²) in [6.07, 6.45) is 0. The molecule has 3 heterocycles. The molecule has 2 nitrogen and oxygen atoms in total. The molecule has 0 amide bonds. The Kier molecular flexibility index (Phi) is 1.87. The Labute approximate surface area is 95.6 Å². The summed E-state index contributed by atoms with van der Waals surface area (Å²) in [6.45, 7) is 2.08.